The zero-order valence-electron chi connectivity index (χ0n) is 12.8. The fourth-order valence-electron chi connectivity index (χ4n) is 2.62. The normalized spacial score (nSPS) is 12.3. The van der Waals surface area contributed by atoms with Gasteiger partial charge in [0, 0.05) is 17.5 Å². The van der Waals surface area contributed by atoms with Crippen molar-refractivity contribution in [2.24, 2.45) is 0 Å². The Balaban J connectivity index is 1.72. The molecule has 1 N–H and O–H groups in total. The molecule has 0 bridgehead atoms. The third kappa shape index (κ3) is 2.75. The first-order valence-corrected chi connectivity index (χ1v) is 7.48. The summed E-state index contributed by atoms with van der Waals surface area (Å²) in [5.41, 5.74) is 2.85. The lowest BCUT2D eigenvalue weighted by atomic mass is 10.0. The molecule has 0 aliphatic heterocycles. The van der Waals surface area contributed by atoms with Crippen LogP contribution in [0.25, 0.3) is 11.0 Å². The quantitative estimate of drug-likeness (QED) is 0.780. The average molecular weight is 293 g/mol. The lowest BCUT2D eigenvalue weighted by Crippen LogP contribution is -2.27. The van der Waals surface area contributed by atoms with Crippen LogP contribution in [0.5, 0.6) is 0 Å². The number of furan rings is 1. The molecule has 1 aromatic heterocycles. The number of carbonyl (C=O) groups excluding carboxylic acids is 1. The number of benzene rings is 2. The van der Waals surface area contributed by atoms with Crippen molar-refractivity contribution in [3.05, 3.63) is 71.5 Å². The van der Waals surface area contributed by atoms with E-state index in [1.165, 1.54) is 5.56 Å². The Morgan fingerprint density at radius 3 is 2.50 bits per heavy atom. The summed E-state index contributed by atoms with van der Waals surface area (Å²) in [5, 5.41) is 3.96. The van der Waals surface area contributed by atoms with Crippen molar-refractivity contribution in [1.29, 1.82) is 0 Å². The minimum absolute atomic E-state index is 0.156. The molecule has 0 aliphatic rings. The molecular weight excluding hydrogens is 274 g/mol. The van der Waals surface area contributed by atoms with Crippen LogP contribution in [-0.4, -0.2) is 12.5 Å². The monoisotopic (exact) mass is 293 g/mol. The van der Waals surface area contributed by atoms with Crippen LogP contribution in [0.15, 0.2) is 59.0 Å². The topological polar surface area (TPSA) is 42.2 Å². The molecule has 0 saturated carbocycles. The van der Waals surface area contributed by atoms with Gasteiger partial charge in [-0.05, 0) is 24.5 Å². The average Bonchev–Trinajstić information content (AvgIpc) is 2.90. The largest absolute Gasteiger partial charge is 0.451 e. The molecule has 1 amide bonds. The number of hydrogen-bond donors (Lipinski definition) is 1. The van der Waals surface area contributed by atoms with Gasteiger partial charge < -0.3 is 9.73 Å². The Bertz CT molecular complexity index is 790. The minimum Gasteiger partial charge on any atom is -0.451 e. The first-order chi connectivity index (χ1) is 10.7. The van der Waals surface area contributed by atoms with Gasteiger partial charge in [0.05, 0.1) is 0 Å². The molecule has 3 heteroatoms. The van der Waals surface area contributed by atoms with E-state index in [0.29, 0.717) is 12.3 Å². The van der Waals surface area contributed by atoms with E-state index in [-0.39, 0.29) is 11.8 Å². The standard InChI is InChI=1S/C19H19NO2/c1-13(15-8-4-3-5-9-15)12-20-19(21)18-14(2)16-10-6-7-11-17(16)22-18/h3-11,13H,12H2,1-2H3,(H,20,21)/t13-/m1/s1. The summed E-state index contributed by atoms with van der Waals surface area (Å²) >= 11 is 0. The van der Waals surface area contributed by atoms with Crippen LogP contribution in [-0.2, 0) is 0 Å². The van der Waals surface area contributed by atoms with Gasteiger partial charge >= 0.3 is 0 Å². The maximum Gasteiger partial charge on any atom is 0.287 e. The number of para-hydroxylation sites is 1. The molecule has 0 fully saturated rings. The first kappa shape index (κ1) is 14.4. The van der Waals surface area contributed by atoms with E-state index in [0.717, 1.165) is 16.5 Å². The zero-order valence-corrected chi connectivity index (χ0v) is 12.8. The van der Waals surface area contributed by atoms with E-state index in [1.807, 2.05) is 49.4 Å². The van der Waals surface area contributed by atoms with Gasteiger partial charge in [0.25, 0.3) is 5.91 Å². The Labute approximate surface area is 130 Å². The fraction of sp³-hybridized carbons (Fsp3) is 0.211. The summed E-state index contributed by atoms with van der Waals surface area (Å²) < 4.78 is 5.69. The van der Waals surface area contributed by atoms with Crippen molar-refractivity contribution in [1.82, 2.24) is 5.32 Å². The van der Waals surface area contributed by atoms with Gasteiger partial charge in [-0.1, -0.05) is 55.5 Å². The maximum atomic E-state index is 12.4. The van der Waals surface area contributed by atoms with Gasteiger partial charge in [-0.25, -0.2) is 0 Å². The van der Waals surface area contributed by atoms with Crippen LogP contribution in [0.1, 0.15) is 34.5 Å². The van der Waals surface area contributed by atoms with Crippen molar-refractivity contribution >= 4 is 16.9 Å². The number of amides is 1. The Morgan fingerprint density at radius 1 is 1.09 bits per heavy atom. The van der Waals surface area contributed by atoms with Crippen LogP contribution in [0.3, 0.4) is 0 Å². The molecule has 0 saturated heterocycles. The van der Waals surface area contributed by atoms with Crippen LogP contribution in [0, 0.1) is 6.92 Å². The highest BCUT2D eigenvalue weighted by molar-refractivity contribution is 5.98. The smallest absolute Gasteiger partial charge is 0.287 e. The predicted molar refractivity (Wildman–Crippen MR) is 88.1 cm³/mol. The molecule has 0 unspecified atom stereocenters. The van der Waals surface area contributed by atoms with E-state index >= 15 is 0 Å². The van der Waals surface area contributed by atoms with Crippen molar-refractivity contribution in [3.8, 4) is 0 Å². The van der Waals surface area contributed by atoms with Crippen molar-refractivity contribution < 1.29 is 9.21 Å². The van der Waals surface area contributed by atoms with Gasteiger partial charge in [0.1, 0.15) is 5.58 Å². The van der Waals surface area contributed by atoms with Crippen molar-refractivity contribution in [2.45, 2.75) is 19.8 Å². The van der Waals surface area contributed by atoms with Crippen molar-refractivity contribution in [2.75, 3.05) is 6.54 Å². The summed E-state index contributed by atoms with van der Waals surface area (Å²) in [5.74, 6) is 0.507. The van der Waals surface area contributed by atoms with Crippen LogP contribution < -0.4 is 5.32 Å². The van der Waals surface area contributed by atoms with Gasteiger partial charge in [0.2, 0.25) is 0 Å². The molecule has 0 radical (unpaired) electrons. The Morgan fingerprint density at radius 2 is 1.77 bits per heavy atom. The summed E-state index contributed by atoms with van der Waals surface area (Å²) in [4.78, 5) is 12.4. The highest BCUT2D eigenvalue weighted by Gasteiger charge is 2.17. The number of nitrogens with one attached hydrogen (secondary N) is 1. The lowest BCUT2D eigenvalue weighted by molar-refractivity contribution is 0.0925. The van der Waals surface area contributed by atoms with Gasteiger partial charge in [-0.2, -0.15) is 0 Å². The second-order valence-corrected chi connectivity index (χ2v) is 5.57. The van der Waals surface area contributed by atoms with Crippen LogP contribution in [0.4, 0.5) is 0 Å². The Hall–Kier alpha value is -2.55. The highest BCUT2D eigenvalue weighted by Crippen LogP contribution is 2.24. The van der Waals surface area contributed by atoms with Crippen LogP contribution in [0.2, 0.25) is 0 Å². The van der Waals surface area contributed by atoms with Gasteiger partial charge in [-0.3, -0.25) is 4.79 Å². The number of carbonyl (C=O) groups is 1. The SMILES string of the molecule is Cc1c(C(=O)NC[C@@H](C)c2ccccc2)oc2ccccc12. The molecule has 3 nitrogen and oxygen atoms in total. The third-order valence-corrected chi connectivity index (χ3v) is 3.99. The molecule has 2 aromatic carbocycles. The van der Waals surface area contributed by atoms with E-state index in [9.17, 15) is 4.79 Å². The van der Waals surface area contributed by atoms with E-state index in [4.69, 9.17) is 4.42 Å². The van der Waals surface area contributed by atoms with Gasteiger partial charge in [0.15, 0.2) is 5.76 Å². The van der Waals surface area contributed by atoms with Crippen LogP contribution >= 0.6 is 0 Å². The molecule has 22 heavy (non-hydrogen) atoms. The second kappa shape index (κ2) is 6.06. The molecule has 1 atom stereocenters. The minimum atomic E-state index is -0.156. The number of aryl methyl sites for hydroxylation is 1. The Kier molecular flexibility index (Phi) is 3.96. The van der Waals surface area contributed by atoms with E-state index in [2.05, 4.69) is 24.4 Å². The molecule has 3 rings (SSSR count). The second-order valence-electron chi connectivity index (χ2n) is 5.57. The highest BCUT2D eigenvalue weighted by atomic mass is 16.3. The third-order valence-electron chi connectivity index (χ3n) is 3.99. The first-order valence-electron chi connectivity index (χ1n) is 7.48. The fourth-order valence-corrected chi connectivity index (χ4v) is 2.62. The molecular formula is C19H19NO2. The summed E-state index contributed by atoms with van der Waals surface area (Å²) in [6, 6.07) is 17.9. The number of rotatable bonds is 4. The zero-order chi connectivity index (χ0) is 15.5. The van der Waals surface area contributed by atoms with Crippen molar-refractivity contribution in [3.63, 3.8) is 0 Å². The molecule has 0 spiro atoms. The lowest BCUT2D eigenvalue weighted by Gasteiger charge is -2.12. The molecule has 3 aromatic rings. The predicted octanol–water partition coefficient (Wildman–Crippen LogP) is 4.27. The number of hydrogen-bond acceptors (Lipinski definition) is 2. The molecule has 0 aliphatic carbocycles. The summed E-state index contributed by atoms with van der Waals surface area (Å²) in [7, 11) is 0. The van der Waals surface area contributed by atoms with E-state index < -0.39 is 0 Å². The summed E-state index contributed by atoms with van der Waals surface area (Å²) in [6.07, 6.45) is 0. The number of fused-ring (bicyclic) bond motifs is 1. The van der Waals surface area contributed by atoms with E-state index in [1.54, 1.807) is 0 Å². The molecule has 112 valence electrons. The molecule has 1 heterocycles. The summed E-state index contributed by atoms with van der Waals surface area (Å²) in [6.45, 7) is 4.60. The van der Waals surface area contributed by atoms with Gasteiger partial charge in [-0.15, -0.1) is 0 Å². The maximum absolute atomic E-state index is 12.4.